The second kappa shape index (κ2) is 11.1. The molecule has 0 bridgehead atoms. The number of fused-ring (bicyclic) bond motifs is 1. The number of esters is 1. The number of carbonyl (C=O) groups is 1. The van der Waals surface area contributed by atoms with Crippen molar-refractivity contribution in [1.82, 2.24) is 4.57 Å². The van der Waals surface area contributed by atoms with E-state index in [4.69, 9.17) is 19.2 Å². The van der Waals surface area contributed by atoms with Gasteiger partial charge < -0.3 is 14.2 Å². The molecule has 39 heavy (non-hydrogen) atoms. The minimum Gasteiger partial charge on any atom is -0.493 e. The summed E-state index contributed by atoms with van der Waals surface area (Å²) in [6, 6.07) is 19.5. The molecule has 1 aliphatic heterocycles. The SMILES string of the molecule is CCOC(=O)C1=C(c2ccccc2)N=c2s/c(=C\c3cccc(OC)c3OC)c(=O)n2C1c1ccc(F)cc1. The Balaban J connectivity index is 1.83. The van der Waals surface area contributed by atoms with E-state index in [1.807, 2.05) is 36.4 Å². The molecule has 0 saturated carbocycles. The molecule has 7 nitrogen and oxygen atoms in total. The van der Waals surface area contributed by atoms with Crippen molar-refractivity contribution in [3.8, 4) is 11.5 Å². The summed E-state index contributed by atoms with van der Waals surface area (Å²) in [4.78, 5) is 32.6. The second-order valence-corrected chi connectivity index (χ2v) is 9.57. The van der Waals surface area contributed by atoms with Gasteiger partial charge in [-0.2, -0.15) is 0 Å². The zero-order valence-corrected chi connectivity index (χ0v) is 22.3. The fourth-order valence-electron chi connectivity index (χ4n) is 4.57. The smallest absolute Gasteiger partial charge is 0.338 e. The summed E-state index contributed by atoms with van der Waals surface area (Å²) >= 11 is 1.19. The third-order valence-corrected chi connectivity index (χ3v) is 7.26. The Bertz CT molecular complexity index is 1740. The van der Waals surface area contributed by atoms with E-state index in [0.717, 1.165) is 0 Å². The number of carbonyl (C=O) groups excluding carboxylic acids is 1. The van der Waals surface area contributed by atoms with Crippen LogP contribution in [0.4, 0.5) is 4.39 Å². The maximum absolute atomic E-state index is 14.0. The Morgan fingerprint density at radius 1 is 1.03 bits per heavy atom. The third-order valence-electron chi connectivity index (χ3n) is 6.28. The quantitative estimate of drug-likeness (QED) is 0.328. The molecule has 1 aromatic heterocycles. The lowest BCUT2D eigenvalue weighted by molar-refractivity contribution is -0.138. The first kappa shape index (κ1) is 26.1. The van der Waals surface area contributed by atoms with Crippen molar-refractivity contribution in [1.29, 1.82) is 0 Å². The number of rotatable bonds is 7. The summed E-state index contributed by atoms with van der Waals surface area (Å²) in [5.41, 5.74) is 2.14. The summed E-state index contributed by atoms with van der Waals surface area (Å²) in [6.07, 6.45) is 1.71. The van der Waals surface area contributed by atoms with Crippen LogP contribution < -0.4 is 24.4 Å². The zero-order valence-electron chi connectivity index (χ0n) is 21.5. The molecule has 1 unspecified atom stereocenters. The van der Waals surface area contributed by atoms with Crippen molar-refractivity contribution in [2.75, 3.05) is 20.8 Å². The first-order chi connectivity index (χ1) is 19.0. The molecule has 4 aromatic rings. The van der Waals surface area contributed by atoms with Gasteiger partial charge in [0.2, 0.25) is 0 Å². The van der Waals surface area contributed by atoms with Crippen molar-refractivity contribution in [3.05, 3.63) is 121 Å². The summed E-state index contributed by atoms with van der Waals surface area (Å²) in [7, 11) is 3.07. The van der Waals surface area contributed by atoms with Crippen molar-refractivity contribution in [3.63, 3.8) is 0 Å². The predicted molar refractivity (Wildman–Crippen MR) is 147 cm³/mol. The Labute approximate surface area is 227 Å². The summed E-state index contributed by atoms with van der Waals surface area (Å²) in [5.74, 6) is -0.0170. The van der Waals surface area contributed by atoms with E-state index in [9.17, 15) is 14.0 Å². The van der Waals surface area contributed by atoms with Gasteiger partial charge in [-0.1, -0.05) is 65.9 Å². The number of thiazole rings is 1. The molecule has 0 spiro atoms. The number of aromatic nitrogens is 1. The molecule has 0 radical (unpaired) electrons. The molecule has 2 heterocycles. The Morgan fingerprint density at radius 3 is 2.44 bits per heavy atom. The van der Waals surface area contributed by atoms with Gasteiger partial charge in [0, 0.05) is 11.1 Å². The second-order valence-electron chi connectivity index (χ2n) is 8.57. The van der Waals surface area contributed by atoms with Crippen LogP contribution in [0.2, 0.25) is 0 Å². The standard InChI is InChI=1S/C30H25FN2O5S/c1-4-38-29(35)24-25(18-9-6-5-7-10-18)32-30-33(26(24)19-13-15-21(31)16-14-19)28(34)23(39-30)17-20-11-8-12-22(36-2)27(20)37-3/h5-17,26H,4H2,1-3H3/b23-17-. The van der Waals surface area contributed by atoms with Crippen molar-refractivity contribution in [2.24, 2.45) is 4.99 Å². The van der Waals surface area contributed by atoms with Gasteiger partial charge in [-0.25, -0.2) is 14.2 Å². The lowest BCUT2D eigenvalue weighted by Gasteiger charge is -2.25. The topological polar surface area (TPSA) is 79.1 Å². The number of para-hydroxylation sites is 1. The van der Waals surface area contributed by atoms with Crippen molar-refractivity contribution < 1.29 is 23.4 Å². The third kappa shape index (κ3) is 4.88. The van der Waals surface area contributed by atoms with Crippen LogP contribution in [0.1, 0.15) is 29.7 Å². The number of benzene rings is 3. The van der Waals surface area contributed by atoms with Gasteiger partial charge in [-0.3, -0.25) is 9.36 Å². The number of methoxy groups -OCH3 is 2. The van der Waals surface area contributed by atoms with Crippen LogP contribution in [0.25, 0.3) is 11.8 Å². The van der Waals surface area contributed by atoms with Crippen LogP contribution in [-0.2, 0) is 9.53 Å². The van der Waals surface area contributed by atoms with E-state index in [2.05, 4.69) is 0 Å². The molecule has 9 heteroatoms. The average molecular weight is 545 g/mol. The molecule has 0 aliphatic carbocycles. The Kier molecular flexibility index (Phi) is 7.42. The molecular weight excluding hydrogens is 519 g/mol. The lowest BCUT2D eigenvalue weighted by atomic mass is 9.93. The minimum atomic E-state index is -0.884. The summed E-state index contributed by atoms with van der Waals surface area (Å²) in [5, 5.41) is 0. The maximum atomic E-state index is 14.0. The fourth-order valence-corrected chi connectivity index (χ4v) is 5.56. The molecule has 198 valence electrons. The van der Waals surface area contributed by atoms with Gasteiger partial charge in [0.25, 0.3) is 5.56 Å². The van der Waals surface area contributed by atoms with Crippen LogP contribution in [0.3, 0.4) is 0 Å². The highest BCUT2D eigenvalue weighted by molar-refractivity contribution is 7.07. The number of ether oxygens (including phenoxy) is 3. The first-order valence-electron chi connectivity index (χ1n) is 12.2. The van der Waals surface area contributed by atoms with E-state index in [0.29, 0.717) is 43.2 Å². The van der Waals surface area contributed by atoms with E-state index in [-0.39, 0.29) is 17.7 Å². The van der Waals surface area contributed by atoms with Crippen LogP contribution in [0, 0.1) is 5.82 Å². The molecular formula is C30H25FN2O5S. The van der Waals surface area contributed by atoms with Gasteiger partial charge >= 0.3 is 5.97 Å². The molecule has 0 fully saturated rings. The van der Waals surface area contributed by atoms with Gasteiger partial charge in [-0.15, -0.1) is 0 Å². The van der Waals surface area contributed by atoms with Crippen molar-refractivity contribution >= 4 is 29.1 Å². The Hall–Kier alpha value is -4.50. The number of hydrogen-bond donors (Lipinski definition) is 0. The highest BCUT2D eigenvalue weighted by Crippen LogP contribution is 2.35. The normalized spacial score (nSPS) is 15.0. The predicted octanol–water partition coefficient (Wildman–Crippen LogP) is 4.09. The number of halogens is 1. The highest BCUT2D eigenvalue weighted by Gasteiger charge is 2.35. The highest BCUT2D eigenvalue weighted by atomic mass is 32.1. The van der Waals surface area contributed by atoms with E-state index in [1.165, 1.54) is 35.1 Å². The molecule has 3 aromatic carbocycles. The molecule has 1 atom stereocenters. The van der Waals surface area contributed by atoms with Gasteiger partial charge in [0.15, 0.2) is 16.3 Å². The van der Waals surface area contributed by atoms with Crippen LogP contribution in [-0.4, -0.2) is 31.4 Å². The van der Waals surface area contributed by atoms with Gasteiger partial charge in [-0.05, 0) is 36.8 Å². The number of hydrogen-bond acceptors (Lipinski definition) is 7. The lowest BCUT2D eigenvalue weighted by Crippen LogP contribution is -2.40. The molecule has 0 saturated heterocycles. The average Bonchev–Trinajstić information content (AvgIpc) is 3.27. The van der Waals surface area contributed by atoms with Crippen LogP contribution in [0.5, 0.6) is 11.5 Å². The van der Waals surface area contributed by atoms with Crippen molar-refractivity contribution in [2.45, 2.75) is 13.0 Å². The fraction of sp³-hybridized carbons (Fsp3) is 0.167. The number of nitrogens with zero attached hydrogens (tertiary/aromatic N) is 2. The first-order valence-corrected chi connectivity index (χ1v) is 13.0. The van der Waals surface area contributed by atoms with Gasteiger partial charge in [0.05, 0.1) is 42.7 Å². The molecule has 0 N–H and O–H groups in total. The summed E-state index contributed by atoms with van der Waals surface area (Å²) in [6.45, 7) is 1.85. The zero-order chi connectivity index (χ0) is 27.5. The van der Waals surface area contributed by atoms with E-state index < -0.39 is 17.8 Å². The Morgan fingerprint density at radius 2 is 1.77 bits per heavy atom. The maximum Gasteiger partial charge on any atom is 0.338 e. The van der Waals surface area contributed by atoms with E-state index in [1.54, 1.807) is 44.4 Å². The van der Waals surface area contributed by atoms with Crippen LogP contribution >= 0.6 is 11.3 Å². The van der Waals surface area contributed by atoms with Gasteiger partial charge in [0.1, 0.15) is 5.82 Å². The molecule has 5 rings (SSSR count). The monoisotopic (exact) mass is 544 g/mol. The molecule has 0 amide bonds. The largest absolute Gasteiger partial charge is 0.493 e. The minimum absolute atomic E-state index is 0.139. The summed E-state index contributed by atoms with van der Waals surface area (Å²) < 4.78 is 32.1. The molecule has 1 aliphatic rings. The van der Waals surface area contributed by atoms with Crippen LogP contribution in [0.15, 0.2) is 88.2 Å². The van der Waals surface area contributed by atoms with E-state index >= 15 is 0 Å².